The zero-order valence-corrected chi connectivity index (χ0v) is 8.69. The number of pyridine rings is 1. The van der Waals surface area contributed by atoms with Gasteiger partial charge in [0.1, 0.15) is 5.75 Å². The average Bonchev–Trinajstić information content (AvgIpc) is 2.09. The summed E-state index contributed by atoms with van der Waals surface area (Å²) >= 11 is 5.57. The van der Waals surface area contributed by atoms with Crippen molar-refractivity contribution < 1.29 is 10.2 Å². The molecule has 3 nitrogen and oxygen atoms in total. The maximum Gasteiger partial charge on any atom is 0.142 e. The highest BCUT2D eigenvalue weighted by atomic mass is 35.5. The van der Waals surface area contributed by atoms with Gasteiger partial charge in [0.05, 0.1) is 12.3 Å². The van der Waals surface area contributed by atoms with Crippen LogP contribution in [0.25, 0.3) is 0 Å². The van der Waals surface area contributed by atoms with Gasteiger partial charge in [-0.2, -0.15) is 0 Å². The molecular formula is C8H11Cl2NO2. The Morgan fingerprint density at radius 3 is 2.62 bits per heavy atom. The van der Waals surface area contributed by atoms with Crippen molar-refractivity contribution in [3.8, 4) is 5.75 Å². The standard InChI is InChI=1S/C8H10ClNO2.ClH/c1-5-8(12)7(4-11)6(2-9)3-10-5;/h3,11-12H,2,4H2,1H3;1H. The van der Waals surface area contributed by atoms with Crippen molar-refractivity contribution in [2.75, 3.05) is 0 Å². The van der Waals surface area contributed by atoms with Gasteiger partial charge in [-0.25, -0.2) is 0 Å². The second-order valence-electron chi connectivity index (χ2n) is 2.49. The fourth-order valence-corrected chi connectivity index (χ4v) is 1.21. The summed E-state index contributed by atoms with van der Waals surface area (Å²) in [7, 11) is 0. The highest BCUT2D eigenvalue weighted by Crippen LogP contribution is 2.24. The van der Waals surface area contributed by atoms with E-state index in [9.17, 15) is 5.11 Å². The van der Waals surface area contributed by atoms with E-state index in [1.165, 1.54) is 0 Å². The molecule has 5 heteroatoms. The summed E-state index contributed by atoms with van der Waals surface area (Å²) in [6, 6.07) is 0. The minimum Gasteiger partial charge on any atom is -0.506 e. The van der Waals surface area contributed by atoms with Crippen LogP contribution in [0.15, 0.2) is 6.20 Å². The van der Waals surface area contributed by atoms with Gasteiger partial charge < -0.3 is 10.2 Å². The third kappa shape index (κ3) is 2.46. The number of alkyl halides is 1. The number of aryl methyl sites for hydroxylation is 1. The second kappa shape index (κ2) is 5.27. The average molecular weight is 224 g/mol. The number of aromatic hydroxyl groups is 1. The van der Waals surface area contributed by atoms with Crippen molar-refractivity contribution in [1.29, 1.82) is 0 Å². The zero-order chi connectivity index (χ0) is 9.14. The van der Waals surface area contributed by atoms with Crippen molar-refractivity contribution in [2.45, 2.75) is 19.4 Å². The SMILES string of the molecule is Cc1ncc(CCl)c(CO)c1O.Cl. The minimum atomic E-state index is -0.211. The van der Waals surface area contributed by atoms with Gasteiger partial charge in [-0.05, 0) is 12.5 Å². The first kappa shape index (κ1) is 12.5. The Bertz CT molecular complexity index is 292. The summed E-state index contributed by atoms with van der Waals surface area (Å²) in [6.07, 6.45) is 1.56. The molecule has 0 aromatic carbocycles. The van der Waals surface area contributed by atoms with Crippen molar-refractivity contribution >= 4 is 24.0 Å². The third-order valence-electron chi connectivity index (χ3n) is 1.73. The molecule has 0 aliphatic rings. The summed E-state index contributed by atoms with van der Waals surface area (Å²) in [5.74, 6) is 0.284. The molecule has 0 aliphatic heterocycles. The molecule has 74 valence electrons. The number of aliphatic hydroxyl groups is 1. The molecule has 1 aromatic rings. The molecule has 0 aliphatic carbocycles. The van der Waals surface area contributed by atoms with E-state index in [0.717, 1.165) is 0 Å². The van der Waals surface area contributed by atoms with E-state index >= 15 is 0 Å². The number of hydrogen-bond acceptors (Lipinski definition) is 3. The third-order valence-corrected chi connectivity index (χ3v) is 2.02. The summed E-state index contributed by atoms with van der Waals surface area (Å²) in [5.41, 5.74) is 1.65. The van der Waals surface area contributed by atoms with Crippen LogP contribution < -0.4 is 0 Å². The first-order valence-corrected chi connectivity index (χ1v) is 4.07. The fourth-order valence-electron chi connectivity index (χ4n) is 0.976. The molecule has 0 unspecified atom stereocenters. The van der Waals surface area contributed by atoms with Crippen LogP contribution >= 0.6 is 24.0 Å². The van der Waals surface area contributed by atoms with Gasteiger partial charge in [0.2, 0.25) is 0 Å². The maximum absolute atomic E-state index is 9.43. The topological polar surface area (TPSA) is 53.4 Å². The van der Waals surface area contributed by atoms with Gasteiger partial charge in [-0.1, -0.05) is 0 Å². The normalized spacial score (nSPS) is 9.46. The van der Waals surface area contributed by atoms with Crippen molar-refractivity contribution in [3.63, 3.8) is 0 Å². The predicted octanol–water partition coefficient (Wildman–Crippen LogP) is 1.75. The van der Waals surface area contributed by atoms with Crippen LogP contribution in [0.4, 0.5) is 0 Å². The highest BCUT2D eigenvalue weighted by Gasteiger charge is 2.09. The van der Waals surface area contributed by atoms with Gasteiger partial charge >= 0.3 is 0 Å². The number of aliphatic hydroxyl groups excluding tert-OH is 1. The number of hydrogen-bond donors (Lipinski definition) is 2. The number of nitrogens with zero attached hydrogens (tertiary/aromatic N) is 1. The Hall–Kier alpha value is -0.510. The Morgan fingerprint density at radius 1 is 1.54 bits per heavy atom. The van der Waals surface area contributed by atoms with Crippen LogP contribution in [-0.4, -0.2) is 15.2 Å². The largest absolute Gasteiger partial charge is 0.506 e. The van der Waals surface area contributed by atoms with Crippen LogP contribution in [0.5, 0.6) is 5.75 Å². The zero-order valence-electron chi connectivity index (χ0n) is 7.12. The highest BCUT2D eigenvalue weighted by molar-refractivity contribution is 6.17. The van der Waals surface area contributed by atoms with Crippen molar-refractivity contribution in [2.24, 2.45) is 0 Å². The smallest absolute Gasteiger partial charge is 0.142 e. The van der Waals surface area contributed by atoms with Crippen LogP contribution in [0.3, 0.4) is 0 Å². The van der Waals surface area contributed by atoms with Gasteiger partial charge in [0.15, 0.2) is 0 Å². The van der Waals surface area contributed by atoms with Gasteiger partial charge in [-0.15, -0.1) is 24.0 Å². The lowest BCUT2D eigenvalue weighted by atomic mass is 10.1. The first-order valence-electron chi connectivity index (χ1n) is 3.53. The molecule has 0 bridgehead atoms. The molecule has 0 saturated carbocycles. The quantitative estimate of drug-likeness (QED) is 0.752. The maximum atomic E-state index is 9.43. The van der Waals surface area contributed by atoms with Gasteiger partial charge in [0.25, 0.3) is 0 Å². The predicted molar refractivity (Wildman–Crippen MR) is 53.4 cm³/mol. The van der Waals surface area contributed by atoms with E-state index in [1.54, 1.807) is 13.1 Å². The number of halogens is 2. The lowest BCUT2D eigenvalue weighted by Crippen LogP contribution is -1.96. The molecule has 0 amide bonds. The molecule has 0 fully saturated rings. The Kier molecular flexibility index (Phi) is 5.06. The Labute approximate surface area is 87.8 Å². The molecule has 13 heavy (non-hydrogen) atoms. The summed E-state index contributed by atoms with van der Waals surface area (Å²) in [6.45, 7) is 1.46. The fraction of sp³-hybridized carbons (Fsp3) is 0.375. The minimum absolute atomic E-state index is 0. The van der Waals surface area contributed by atoms with E-state index in [1.807, 2.05) is 0 Å². The van der Waals surface area contributed by atoms with Gasteiger partial charge in [0, 0.05) is 17.6 Å². The van der Waals surface area contributed by atoms with E-state index in [4.69, 9.17) is 16.7 Å². The molecule has 2 N–H and O–H groups in total. The molecular weight excluding hydrogens is 213 g/mol. The second-order valence-corrected chi connectivity index (χ2v) is 2.76. The molecule has 0 atom stereocenters. The monoisotopic (exact) mass is 223 g/mol. The molecule has 0 saturated heterocycles. The molecule has 1 rings (SSSR count). The first-order chi connectivity index (χ1) is 5.70. The molecule has 1 aromatic heterocycles. The number of aromatic nitrogens is 1. The summed E-state index contributed by atoms with van der Waals surface area (Å²) in [4.78, 5) is 3.91. The van der Waals surface area contributed by atoms with E-state index < -0.39 is 0 Å². The van der Waals surface area contributed by atoms with E-state index in [0.29, 0.717) is 16.8 Å². The van der Waals surface area contributed by atoms with E-state index in [2.05, 4.69) is 4.98 Å². The molecule has 0 spiro atoms. The molecule has 0 radical (unpaired) electrons. The van der Waals surface area contributed by atoms with Gasteiger partial charge in [-0.3, -0.25) is 4.98 Å². The Morgan fingerprint density at radius 2 is 2.15 bits per heavy atom. The van der Waals surface area contributed by atoms with Crippen LogP contribution in [0.2, 0.25) is 0 Å². The van der Waals surface area contributed by atoms with Crippen molar-refractivity contribution in [1.82, 2.24) is 4.98 Å². The Balaban J connectivity index is 0.00000144. The van der Waals surface area contributed by atoms with Crippen molar-refractivity contribution in [3.05, 3.63) is 23.0 Å². The van der Waals surface area contributed by atoms with Crippen LogP contribution in [0, 0.1) is 6.92 Å². The van der Waals surface area contributed by atoms with Crippen LogP contribution in [-0.2, 0) is 12.5 Å². The summed E-state index contributed by atoms with van der Waals surface area (Å²) in [5, 5.41) is 18.3. The lowest BCUT2D eigenvalue weighted by molar-refractivity contribution is 0.274. The lowest BCUT2D eigenvalue weighted by Gasteiger charge is -2.07. The van der Waals surface area contributed by atoms with Crippen LogP contribution in [0.1, 0.15) is 16.8 Å². The van der Waals surface area contributed by atoms with E-state index in [-0.39, 0.29) is 30.6 Å². The summed E-state index contributed by atoms with van der Waals surface area (Å²) < 4.78 is 0. The molecule has 1 heterocycles. The number of rotatable bonds is 2.